The SMILES string of the molecule is CC(C)Cc1cnc(N2CCC(C#N)CC2)nc1. The van der Waals surface area contributed by atoms with Crippen LogP contribution in [0.25, 0.3) is 0 Å². The van der Waals surface area contributed by atoms with Gasteiger partial charge in [-0.1, -0.05) is 13.8 Å². The second-order valence-corrected chi connectivity index (χ2v) is 5.38. The van der Waals surface area contributed by atoms with Crippen LogP contribution in [0.2, 0.25) is 0 Å². The molecular formula is C14H20N4. The van der Waals surface area contributed by atoms with E-state index >= 15 is 0 Å². The standard InChI is InChI=1S/C14H20N4/c1-11(2)7-13-9-16-14(17-10-13)18-5-3-12(8-15)4-6-18/h9-12H,3-7H2,1-2H3. The molecular weight excluding hydrogens is 224 g/mol. The van der Waals surface area contributed by atoms with Crippen molar-refractivity contribution >= 4 is 5.95 Å². The lowest BCUT2D eigenvalue weighted by Crippen LogP contribution is -2.34. The summed E-state index contributed by atoms with van der Waals surface area (Å²) in [5.41, 5.74) is 1.20. The number of nitrogens with zero attached hydrogens (tertiary/aromatic N) is 4. The minimum atomic E-state index is 0.210. The molecule has 1 aliphatic heterocycles. The van der Waals surface area contributed by atoms with Crippen LogP contribution in [0.5, 0.6) is 0 Å². The van der Waals surface area contributed by atoms with Crippen molar-refractivity contribution in [2.24, 2.45) is 11.8 Å². The van der Waals surface area contributed by atoms with Crippen molar-refractivity contribution < 1.29 is 0 Å². The summed E-state index contributed by atoms with van der Waals surface area (Å²) in [6.45, 7) is 6.17. The Hall–Kier alpha value is -1.63. The van der Waals surface area contributed by atoms with Gasteiger partial charge in [0.1, 0.15) is 0 Å². The van der Waals surface area contributed by atoms with E-state index in [0.29, 0.717) is 5.92 Å². The van der Waals surface area contributed by atoms with E-state index in [0.717, 1.165) is 38.3 Å². The molecule has 2 heterocycles. The molecule has 1 aromatic rings. The Morgan fingerprint density at radius 2 is 1.94 bits per heavy atom. The summed E-state index contributed by atoms with van der Waals surface area (Å²) in [4.78, 5) is 11.0. The van der Waals surface area contributed by atoms with Crippen LogP contribution < -0.4 is 4.90 Å². The van der Waals surface area contributed by atoms with Crippen molar-refractivity contribution in [3.63, 3.8) is 0 Å². The average Bonchev–Trinajstić information content (AvgIpc) is 2.39. The Balaban J connectivity index is 1.96. The first-order chi connectivity index (χ1) is 8.69. The Labute approximate surface area is 109 Å². The summed E-state index contributed by atoms with van der Waals surface area (Å²) in [7, 11) is 0. The van der Waals surface area contributed by atoms with E-state index in [2.05, 4.69) is 34.8 Å². The van der Waals surface area contributed by atoms with E-state index < -0.39 is 0 Å². The molecule has 4 nitrogen and oxygen atoms in total. The monoisotopic (exact) mass is 244 g/mol. The summed E-state index contributed by atoms with van der Waals surface area (Å²) in [6, 6.07) is 2.34. The molecule has 0 atom stereocenters. The van der Waals surface area contributed by atoms with Crippen LogP contribution in [0.4, 0.5) is 5.95 Å². The zero-order chi connectivity index (χ0) is 13.0. The fraction of sp³-hybridized carbons (Fsp3) is 0.643. The molecule has 0 N–H and O–H groups in total. The van der Waals surface area contributed by atoms with Crippen molar-refractivity contribution in [1.29, 1.82) is 5.26 Å². The third-order valence-corrected chi connectivity index (χ3v) is 3.30. The third-order valence-electron chi connectivity index (χ3n) is 3.30. The summed E-state index contributed by atoms with van der Waals surface area (Å²) in [6.07, 6.45) is 6.73. The van der Waals surface area contributed by atoms with Crippen LogP contribution in [0.1, 0.15) is 32.3 Å². The summed E-state index contributed by atoms with van der Waals surface area (Å²) < 4.78 is 0. The highest BCUT2D eigenvalue weighted by molar-refractivity contribution is 5.30. The van der Waals surface area contributed by atoms with Crippen molar-refractivity contribution in [2.45, 2.75) is 33.1 Å². The van der Waals surface area contributed by atoms with Crippen molar-refractivity contribution in [1.82, 2.24) is 9.97 Å². The molecule has 0 aliphatic carbocycles. The minimum absolute atomic E-state index is 0.210. The topological polar surface area (TPSA) is 52.8 Å². The van der Waals surface area contributed by atoms with Crippen LogP contribution in [-0.4, -0.2) is 23.1 Å². The van der Waals surface area contributed by atoms with Crippen LogP contribution in [0.15, 0.2) is 12.4 Å². The number of nitriles is 1. The highest BCUT2D eigenvalue weighted by atomic mass is 15.2. The Morgan fingerprint density at radius 3 is 2.44 bits per heavy atom. The smallest absolute Gasteiger partial charge is 0.225 e. The molecule has 18 heavy (non-hydrogen) atoms. The summed E-state index contributed by atoms with van der Waals surface area (Å²) in [5, 5.41) is 8.87. The van der Waals surface area contributed by atoms with Crippen LogP contribution >= 0.6 is 0 Å². The second-order valence-electron chi connectivity index (χ2n) is 5.38. The minimum Gasteiger partial charge on any atom is -0.341 e. The molecule has 96 valence electrons. The molecule has 0 radical (unpaired) electrons. The van der Waals surface area contributed by atoms with E-state index in [4.69, 9.17) is 5.26 Å². The Kier molecular flexibility index (Phi) is 4.14. The van der Waals surface area contributed by atoms with Gasteiger partial charge in [-0.05, 0) is 30.7 Å². The molecule has 0 spiro atoms. The number of piperidine rings is 1. The van der Waals surface area contributed by atoms with Crippen LogP contribution in [0.3, 0.4) is 0 Å². The Bertz CT molecular complexity index is 410. The van der Waals surface area contributed by atoms with Gasteiger partial charge in [-0.25, -0.2) is 9.97 Å². The van der Waals surface area contributed by atoms with Gasteiger partial charge in [0.05, 0.1) is 6.07 Å². The Morgan fingerprint density at radius 1 is 1.33 bits per heavy atom. The fourth-order valence-corrected chi connectivity index (χ4v) is 2.30. The molecule has 4 heteroatoms. The maximum Gasteiger partial charge on any atom is 0.225 e. The largest absolute Gasteiger partial charge is 0.341 e. The number of aromatic nitrogens is 2. The van der Waals surface area contributed by atoms with Gasteiger partial charge in [-0.3, -0.25) is 0 Å². The van der Waals surface area contributed by atoms with E-state index in [1.807, 2.05) is 12.4 Å². The van der Waals surface area contributed by atoms with E-state index in [-0.39, 0.29) is 5.92 Å². The van der Waals surface area contributed by atoms with Gasteiger partial charge in [0.15, 0.2) is 0 Å². The molecule has 0 bridgehead atoms. The predicted molar refractivity (Wildman–Crippen MR) is 71.1 cm³/mol. The first-order valence-corrected chi connectivity index (χ1v) is 6.64. The van der Waals surface area contributed by atoms with Crippen molar-refractivity contribution in [3.05, 3.63) is 18.0 Å². The van der Waals surface area contributed by atoms with Crippen molar-refractivity contribution in [3.8, 4) is 6.07 Å². The maximum absolute atomic E-state index is 8.87. The first kappa shape index (κ1) is 12.8. The van der Waals surface area contributed by atoms with E-state index in [1.54, 1.807) is 0 Å². The molecule has 0 aromatic carbocycles. The van der Waals surface area contributed by atoms with Gasteiger partial charge in [-0.2, -0.15) is 5.26 Å². The highest BCUT2D eigenvalue weighted by Gasteiger charge is 2.20. The molecule has 1 aliphatic rings. The van der Waals surface area contributed by atoms with Crippen LogP contribution in [-0.2, 0) is 6.42 Å². The average molecular weight is 244 g/mol. The van der Waals surface area contributed by atoms with Gasteiger partial charge in [0.25, 0.3) is 0 Å². The van der Waals surface area contributed by atoms with Crippen molar-refractivity contribution in [2.75, 3.05) is 18.0 Å². The number of hydrogen-bond donors (Lipinski definition) is 0. The quantitative estimate of drug-likeness (QED) is 0.819. The van der Waals surface area contributed by atoms with Gasteiger partial charge in [0.2, 0.25) is 5.95 Å². The molecule has 0 unspecified atom stereocenters. The first-order valence-electron chi connectivity index (χ1n) is 6.64. The summed E-state index contributed by atoms with van der Waals surface area (Å²) in [5.74, 6) is 1.64. The van der Waals surface area contributed by atoms with E-state index in [1.165, 1.54) is 5.56 Å². The number of hydrogen-bond acceptors (Lipinski definition) is 4. The summed E-state index contributed by atoms with van der Waals surface area (Å²) >= 11 is 0. The fourth-order valence-electron chi connectivity index (χ4n) is 2.30. The number of anilines is 1. The third kappa shape index (κ3) is 3.19. The van der Waals surface area contributed by atoms with Crippen LogP contribution in [0, 0.1) is 23.2 Å². The lowest BCUT2D eigenvalue weighted by molar-refractivity contribution is 0.482. The van der Waals surface area contributed by atoms with Gasteiger partial charge in [0, 0.05) is 31.4 Å². The second kappa shape index (κ2) is 5.81. The molecule has 0 saturated carbocycles. The normalized spacial score (nSPS) is 16.9. The zero-order valence-electron chi connectivity index (χ0n) is 11.1. The molecule has 2 rings (SSSR count). The molecule has 1 saturated heterocycles. The molecule has 1 fully saturated rings. The predicted octanol–water partition coefficient (Wildman–Crippen LogP) is 2.42. The zero-order valence-corrected chi connectivity index (χ0v) is 11.1. The molecule has 1 aromatic heterocycles. The lowest BCUT2D eigenvalue weighted by atomic mass is 9.99. The van der Waals surface area contributed by atoms with E-state index in [9.17, 15) is 0 Å². The molecule has 0 amide bonds. The number of rotatable bonds is 3. The maximum atomic E-state index is 8.87. The lowest BCUT2D eigenvalue weighted by Gasteiger charge is -2.29. The highest BCUT2D eigenvalue weighted by Crippen LogP contribution is 2.19. The van der Waals surface area contributed by atoms with Gasteiger partial charge >= 0.3 is 0 Å². The van der Waals surface area contributed by atoms with Gasteiger partial charge in [-0.15, -0.1) is 0 Å². The van der Waals surface area contributed by atoms with Gasteiger partial charge < -0.3 is 4.90 Å².